The fourth-order valence-electron chi connectivity index (χ4n) is 5.69. The number of aromatic nitrogens is 1. The third-order valence-electron chi connectivity index (χ3n) is 8.28. The first-order chi connectivity index (χ1) is 23.9. The van der Waals surface area contributed by atoms with Crippen molar-refractivity contribution < 1.29 is 44.5 Å². The maximum Gasteiger partial charge on any atom is 0.534 e. The second-order valence-electron chi connectivity index (χ2n) is 13.5. The van der Waals surface area contributed by atoms with Gasteiger partial charge in [0.1, 0.15) is 11.4 Å². The number of halogens is 3. The summed E-state index contributed by atoms with van der Waals surface area (Å²) in [5.74, 6) is -0.541. The molecule has 1 saturated heterocycles. The Balaban J connectivity index is 0.000000245. The van der Waals surface area contributed by atoms with Gasteiger partial charge in [-0.2, -0.15) is 21.6 Å². The summed E-state index contributed by atoms with van der Waals surface area (Å²) in [7, 11) is -4.02. The molecule has 0 spiro atoms. The molecule has 5 rings (SSSR count). The Labute approximate surface area is 295 Å². The molecule has 1 N–H and O–H groups in total. The van der Waals surface area contributed by atoms with Gasteiger partial charge in [0.05, 0.1) is 12.1 Å². The zero-order chi connectivity index (χ0) is 37.4. The summed E-state index contributed by atoms with van der Waals surface area (Å²) in [5, 5.41) is 3.07. The summed E-state index contributed by atoms with van der Waals surface area (Å²) in [6.07, 6.45) is 5.71. The van der Waals surface area contributed by atoms with Crippen LogP contribution in [0.15, 0.2) is 69.6 Å². The standard InChI is InChI=1S/C24H29N3O3.C11H16F3NO5S/c1-26-21-13-12-19(16-22(21)30-24(26)29)20-11-7-15-27(17-20)23(28)25-14-6-5-10-18-8-3-2-4-9-18;1-10(2,3)19-9(16)15-6-4-5-8(7-15)20-21(17,18)11(12,13)14/h2-4,8-9,12-13,16,20H,5-7,10-11,14-15,17H2,1H3,(H,25,28);5H,4,6-7H2,1-3H3. The SMILES string of the molecule is CC(C)(C)OC(=O)N1CCC=C(OS(=O)(=O)C(F)(F)F)C1.Cn1c(=O)oc2cc(C3CCCN(C(=O)NCCCCc4ccccc4)C3)ccc21. The second-order valence-corrected chi connectivity index (χ2v) is 15.0. The van der Waals surface area contributed by atoms with Gasteiger partial charge in [0.15, 0.2) is 5.58 Å². The molecule has 12 nitrogen and oxygen atoms in total. The summed E-state index contributed by atoms with van der Waals surface area (Å²) in [6.45, 7) is 6.89. The van der Waals surface area contributed by atoms with Crippen LogP contribution in [0.5, 0.6) is 0 Å². The lowest BCUT2D eigenvalue weighted by molar-refractivity contribution is -0.0526. The zero-order valence-electron chi connectivity index (χ0n) is 29.2. The molecule has 1 aromatic heterocycles. The fourth-order valence-corrected chi connectivity index (χ4v) is 6.18. The quantitative estimate of drug-likeness (QED) is 0.159. The van der Waals surface area contributed by atoms with E-state index >= 15 is 0 Å². The molecule has 1 fully saturated rings. The van der Waals surface area contributed by atoms with Gasteiger partial charge in [-0.15, -0.1) is 0 Å². The van der Waals surface area contributed by atoms with Crippen LogP contribution in [0.3, 0.4) is 0 Å². The number of piperidine rings is 1. The number of rotatable bonds is 8. The molecule has 2 aromatic carbocycles. The van der Waals surface area contributed by atoms with E-state index < -0.39 is 39.6 Å². The minimum absolute atomic E-state index is 0.0201. The molecule has 0 bridgehead atoms. The largest absolute Gasteiger partial charge is 0.534 e. The van der Waals surface area contributed by atoms with Crippen LogP contribution in [0, 0.1) is 0 Å². The van der Waals surface area contributed by atoms with Gasteiger partial charge in [-0.05, 0) is 88.6 Å². The van der Waals surface area contributed by atoms with Gasteiger partial charge in [-0.3, -0.25) is 4.57 Å². The molecule has 280 valence electrons. The molecule has 0 saturated carbocycles. The third kappa shape index (κ3) is 11.3. The summed E-state index contributed by atoms with van der Waals surface area (Å²) in [4.78, 5) is 39.1. The molecule has 1 atom stereocenters. The summed E-state index contributed by atoms with van der Waals surface area (Å²) in [5.41, 5.74) is -2.41. The van der Waals surface area contributed by atoms with Crippen LogP contribution >= 0.6 is 0 Å². The van der Waals surface area contributed by atoms with E-state index in [0.29, 0.717) is 18.7 Å². The van der Waals surface area contributed by atoms with Crippen molar-refractivity contribution in [2.24, 2.45) is 7.05 Å². The number of benzene rings is 2. The Bertz CT molecular complexity index is 1850. The highest BCUT2D eigenvalue weighted by molar-refractivity contribution is 7.87. The number of carbonyl (C=O) groups excluding carboxylic acids is 2. The second kappa shape index (κ2) is 16.7. The number of likely N-dealkylation sites (tertiary alicyclic amines) is 1. The van der Waals surface area contributed by atoms with Crippen molar-refractivity contribution in [3.63, 3.8) is 0 Å². The number of ether oxygens (including phenoxy) is 1. The topological polar surface area (TPSA) is 140 Å². The van der Waals surface area contributed by atoms with Crippen LogP contribution in [0.25, 0.3) is 11.1 Å². The van der Waals surface area contributed by atoms with E-state index in [1.807, 2.05) is 29.2 Å². The van der Waals surface area contributed by atoms with Crippen molar-refractivity contribution in [1.82, 2.24) is 19.7 Å². The maximum atomic E-state index is 12.6. The van der Waals surface area contributed by atoms with Gasteiger partial charge >= 0.3 is 33.5 Å². The Morgan fingerprint density at radius 3 is 2.43 bits per heavy atom. The Hall–Kier alpha value is -4.47. The number of urea groups is 1. The maximum absolute atomic E-state index is 12.6. The average Bonchev–Trinajstić information content (AvgIpc) is 3.36. The first-order valence-electron chi connectivity index (χ1n) is 16.8. The fraction of sp³-hybridized carbons (Fsp3) is 0.514. The van der Waals surface area contributed by atoms with Crippen molar-refractivity contribution >= 4 is 33.3 Å². The van der Waals surface area contributed by atoms with Crippen molar-refractivity contribution in [1.29, 1.82) is 0 Å². The van der Waals surface area contributed by atoms with Crippen molar-refractivity contribution in [2.75, 3.05) is 32.7 Å². The van der Waals surface area contributed by atoms with Crippen LogP contribution in [0.2, 0.25) is 0 Å². The number of hydrogen-bond acceptors (Lipinski definition) is 8. The molecule has 0 aliphatic carbocycles. The van der Waals surface area contributed by atoms with Gasteiger partial charge < -0.3 is 28.5 Å². The summed E-state index contributed by atoms with van der Waals surface area (Å²) in [6, 6.07) is 16.4. The van der Waals surface area contributed by atoms with Crippen LogP contribution in [0.4, 0.5) is 22.8 Å². The monoisotopic (exact) mass is 738 g/mol. The molecule has 3 heterocycles. The highest BCUT2D eigenvalue weighted by Gasteiger charge is 2.49. The molecule has 16 heteroatoms. The van der Waals surface area contributed by atoms with E-state index in [0.717, 1.165) is 54.6 Å². The smallest absolute Gasteiger partial charge is 0.444 e. The van der Waals surface area contributed by atoms with Crippen LogP contribution in [-0.2, 0) is 32.5 Å². The van der Waals surface area contributed by atoms with E-state index in [1.165, 1.54) is 16.2 Å². The molecule has 0 radical (unpaired) electrons. The molecular weight excluding hydrogens is 693 g/mol. The number of oxazole rings is 1. The van der Waals surface area contributed by atoms with Gasteiger partial charge in [0.25, 0.3) is 0 Å². The van der Waals surface area contributed by atoms with Gasteiger partial charge in [-0.1, -0.05) is 36.4 Å². The number of amides is 3. The van der Waals surface area contributed by atoms with Gasteiger partial charge in [0.2, 0.25) is 0 Å². The summed E-state index contributed by atoms with van der Waals surface area (Å²) < 4.78 is 74.4. The molecular formula is C35H45F3N4O8S. The number of fused-ring (bicyclic) bond motifs is 1. The Morgan fingerprint density at radius 2 is 1.75 bits per heavy atom. The first-order valence-corrected chi connectivity index (χ1v) is 18.2. The number of carbonyl (C=O) groups is 2. The first kappa shape index (κ1) is 39.3. The predicted molar refractivity (Wildman–Crippen MR) is 184 cm³/mol. The highest BCUT2D eigenvalue weighted by Crippen LogP contribution is 2.30. The summed E-state index contributed by atoms with van der Waals surface area (Å²) >= 11 is 0. The molecule has 1 unspecified atom stereocenters. The Morgan fingerprint density at radius 1 is 1.02 bits per heavy atom. The van der Waals surface area contributed by atoms with E-state index in [9.17, 15) is 36.0 Å². The lowest BCUT2D eigenvalue weighted by Crippen LogP contribution is -2.45. The molecule has 2 aliphatic rings. The lowest BCUT2D eigenvalue weighted by atomic mass is 9.90. The molecule has 3 amide bonds. The van der Waals surface area contributed by atoms with Gasteiger partial charge in [0, 0.05) is 39.1 Å². The molecule has 51 heavy (non-hydrogen) atoms. The van der Waals surface area contributed by atoms with E-state index in [4.69, 9.17) is 9.15 Å². The molecule has 2 aliphatic heterocycles. The minimum Gasteiger partial charge on any atom is -0.444 e. The number of alkyl halides is 3. The number of nitrogens with one attached hydrogen (secondary N) is 1. The minimum atomic E-state index is -5.73. The molecule has 3 aromatic rings. The van der Waals surface area contributed by atoms with Crippen LogP contribution in [0.1, 0.15) is 69.9 Å². The Kier molecular flexibility index (Phi) is 12.9. The number of nitrogens with zero attached hydrogens (tertiary/aromatic N) is 3. The lowest BCUT2D eigenvalue weighted by Gasteiger charge is -2.33. The number of unbranched alkanes of at least 4 members (excludes halogenated alkanes) is 1. The normalized spacial score (nSPS) is 16.9. The van der Waals surface area contributed by atoms with Crippen molar-refractivity contribution in [3.05, 3.63) is 82.0 Å². The van der Waals surface area contributed by atoms with Crippen LogP contribution < -0.4 is 11.1 Å². The number of hydrogen-bond donors (Lipinski definition) is 1. The van der Waals surface area contributed by atoms with Crippen molar-refractivity contribution in [2.45, 2.75) is 76.3 Å². The van der Waals surface area contributed by atoms with E-state index in [-0.39, 0.29) is 30.7 Å². The average molecular weight is 739 g/mol. The van der Waals surface area contributed by atoms with E-state index in [2.05, 4.69) is 33.8 Å². The predicted octanol–water partition coefficient (Wildman–Crippen LogP) is 6.42. The third-order valence-corrected chi connectivity index (χ3v) is 9.28. The van der Waals surface area contributed by atoms with Crippen molar-refractivity contribution in [3.8, 4) is 0 Å². The number of aryl methyl sites for hydroxylation is 2. The zero-order valence-corrected chi connectivity index (χ0v) is 30.0. The van der Waals surface area contributed by atoms with E-state index in [1.54, 1.807) is 27.8 Å². The van der Waals surface area contributed by atoms with Gasteiger partial charge in [-0.25, -0.2) is 14.4 Å². The van der Waals surface area contributed by atoms with Crippen LogP contribution in [-0.4, -0.2) is 78.7 Å². The highest BCUT2D eigenvalue weighted by atomic mass is 32.2.